The Bertz CT molecular complexity index is 2560. The lowest BCUT2D eigenvalue weighted by Crippen LogP contribution is -2.27. The maximum absolute atomic E-state index is 14.1. The molecule has 0 bridgehead atoms. The van der Waals surface area contributed by atoms with Gasteiger partial charge in [0, 0.05) is 87.8 Å². The first kappa shape index (κ1) is 47.9. The number of anilines is 2. The molecule has 0 aromatic heterocycles. The highest BCUT2D eigenvalue weighted by atomic mass is 32.2. The second-order valence-corrected chi connectivity index (χ2v) is 21.1. The third-order valence-corrected chi connectivity index (χ3v) is 14.3. The molecule has 0 saturated heterocycles. The highest BCUT2D eigenvalue weighted by molar-refractivity contribution is 7.94. The molecule has 63 heavy (non-hydrogen) atoms. The lowest BCUT2D eigenvalue weighted by Gasteiger charge is -2.27. The summed E-state index contributed by atoms with van der Waals surface area (Å²) in [6.07, 6.45) is 13.0. The van der Waals surface area contributed by atoms with E-state index in [2.05, 4.69) is 77.2 Å². The number of hydrogen-bond acceptors (Lipinski definition) is 12. The number of nitrogens with zero attached hydrogens (tertiary/aromatic N) is 3. The molecule has 6 rings (SSSR count). The molecule has 2 N–H and O–H groups in total. The van der Waals surface area contributed by atoms with Crippen molar-refractivity contribution < 1.29 is 49.5 Å². The lowest BCUT2D eigenvalue weighted by molar-refractivity contribution is -0.432. The number of rotatable bonds is 18. The lowest BCUT2D eigenvalue weighted by atomic mass is 9.83. The average Bonchev–Trinajstić information content (AvgIpc) is 3.79. The van der Waals surface area contributed by atoms with E-state index in [0.29, 0.717) is 54.9 Å². The summed E-state index contributed by atoms with van der Waals surface area (Å²) in [6, 6.07) is 22.9. The minimum atomic E-state index is -4.09. The highest BCUT2D eigenvalue weighted by Gasteiger charge is 2.42. The normalized spacial score (nSPS) is 20.3. The summed E-state index contributed by atoms with van der Waals surface area (Å²) in [6.45, 7) is 11.8. The zero-order valence-electron chi connectivity index (χ0n) is 36.7. The maximum atomic E-state index is 14.1. The van der Waals surface area contributed by atoms with E-state index in [1.807, 2.05) is 42.5 Å². The number of unbranched alkanes of at least 4 members (excludes halogenated alkanes) is 2. The van der Waals surface area contributed by atoms with E-state index in [1.54, 1.807) is 31.2 Å². The van der Waals surface area contributed by atoms with Gasteiger partial charge in [0.1, 0.15) is 0 Å². The Balaban J connectivity index is 1.49. The van der Waals surface area contributed by atoms with Crippen LogP contribution in [0.25, 0.3) is 0 Å². The van der Waals surface area contributed by atoms with Crippen LogP contribution < -0.4 is 9.80 Å². The Hall–Kier alpha value is -4.55. The number of sulfonamides is 1. The van der Waals surface area contributed by atoms with Crippen LogP contribution in [0.5, 0.6) is 0 Å². The molecular formula is C47H58N3O10S3+. The van der Waals surface area contributed by atoms with Crippen molar-refractivity contribution in [3.63, 3.8) is 0 Å². The topological polar surface area (TPSA) is 163 Å². The van der Waals surface area contributed by atoms with Crippen LogP contribution in [0, 0.1) is 0 Å². The van der Waals surface area contributed by atoms with Crippen LogP contribution in [0.1, 0.15) is 94.6 Å². The third kappa shape index (κ3) is 10.9. The molecule has 13 nitrogen and oxygen atoms in total. The zero-order chi connectivity index (χ0) is 45.6. The van der Waals surface area contributed by atoms with E-state index in [4.69, 9.17) is 9.99 Å². The number of hydrogen-bond donors (Lipinski definition) is 2. The Kier molecular flexibility index (Phi) is 15.3. The second-order valence-electron chi connectivity index (χ2n) is 16.9. The van der Waals surface area contributed by atoms with Gasteiger partial charge in [-0.15, -0.1) is 4.33 Å². The van der Waals surface area contributed by atoms with Crippen molar-refractivity contribution in [3.8, 4) is 0 Å². The summed E-state index contributed by atoms with van der Waals surface area (Å²) in [5, 5.41) is 12.3. The smallest absolute Gasteiger partial charge is 0.367 e. The number of carbonyl (C=O) groups is 1. The van der Waals surface area contributed by atoms with Crippen molar-refractivity contribution >= 4 is 60.9 Å². The SMILES string of the molecule is CCOC(=O)c1ccc([N+](=C2C(=CC=C3N(CCCCSOOO)c4ccccc4C3(C)C)CCC2=CC=C2N(CCCCS(=O)(=O)O)c3ccccc3C2(C)C)S(C)(=O)=O)cc1. The number of benzene rings is 3. The van der Waals surface area contributed by atoms with Crippen LogP contribution in [0.2, 0.25) is 0 Å². The van der Waals surface area contributed by atoms with E-state index >= 15 is 0 Å². The first-order valence-corrected chi connectivity index (χ1v) is 25.5. The van der Waals surface area contributed by atoms with Gasteiger partial charge in [-0.3, -0.25) is 4.55 Å². The first-order valence-electron chi connectivity index (χ1n) is 21.2. The molecule has 0 atom stereocenters. The molecule has 3 aliphatic rings. The van der Waals surface area contributed by atoms with Crippen molar-refractivity contribution in [2.24, 2.45) is 0 Å². The van der Waals surface area contributed by atoms with Gasteiger partial charge in [0.05, 0.1) is 24.2 Å². The van der Waals surface area contributed by atoms with Crippen molar-refractivity contribution in [3.05, 3.63) is 136 Å². The monoisotopic (exact) mass is 920 g/mol. The van der Waals surface area contributed by atoms with Gasteiger partial charge < -0.3 is 14.5 Å². The molecule has 0 unspecified atom stereocenters. The van der Waals surface area contributed by atoms with Gasteiger partial charge in [-0.1, -0.05) is 85.3 Å². The van der Waals surface area contributed by atoms with Crippen molar-refractivity contribution in [1.82, 2.24) is 0 Å². The minimum Gasteiger partial charge on any atom is -0.462 e. The minimum absolute atomic E-state index is 0.207. The summed E-state index contributed by atoms with van der Waals surface area (Å²) in [4.78, 5) is 17.1. The molecule has 3 aromatic carbocycles. The van der Waals surface area contributed by atoms with Gasteiger partial charge in [-0.2, -0.15) is 16.8 Å². The fourth-order valence-corrected chi connectivity index (χ4v) is 11.0. The predicted octanol–water partition coefficient (Wildman–Crippen LogP) is 9.44. The number of ether oxygens (including phenoxy) is 1. The summed E-state index contributed by atoms with van der Waals surface area (Å²) in [5.41, 5.74) is 8.50. The number of para-hydroxylation sites is 2. The Labute approximate surface area is 376 Å². The van der Waals surface area contributed by atoms with Crippen LogP contribution in [-0.4, -0.2) is 79.8 Å². The summed E-state index contributed by atoms with van der Waals surface area (Å²) in [5.74, 6) is -0.192. The van der Waals surface area contributed by atoms with Gasteiger partial charge >= 0.3 is 16.0 Å². The van der Waals surface area contributed by atoms with Crippen LogP contribution in [0.15, 0.2) is 120 Å². The van der Waals surface area contributed by atoms with Crippen LogP contribution >= 0.6 is 12.0 Å². The number of esters is 1. The molecule has 1 aliphatic carbocycles. The maximum Gasteiger partial charge on any atom is 0.367 e. The quantitative estimate of drug-likeness (QED) is 0.0236. The largest absolute Gasteiger partial charge is 0.462 e. The van der Waals surface area contributed by atoms with Crippen LogP contribution in [-0.2, 0) is 45.1 Å². The van der Waals surface area contributed by atoms with E-state index in [1.165, 1.54) is 15.8 Å². The van der Waals surface area contributed by atoms with Gasteiger partial charge in [-0.25, -0.2) is 10.1 Å². The number of carbonyl (C=O) groups excluding carboxylic acids is 1. The fourth-order valence-electron chi connectivity index (χ4n) is 8.90. The molecule has 1 fully saturated rings. The molecule has 0 radical (unpaired) electrons. The van der Waals surface area contributed by atoms with Crippen LogP contribution in [0.4, 0.5) is 17.1 Å². The van der Waals surface area contributed by atoms with E-state index < -0.39 is 31.5 Å². The standard InChI is InChI=1S/C47H57N3O10S3/c1-7-58-45(51)36-22-26-37(27-23-36)50(62(6,53)54)44-34(24-28-42-46(2,3)38-16-8-10-18-40(38)48(42)30-12-14-32-61-60-59-52)20-21-35(44)25-29-43-47(4,5)39-17-9-11-19-41(39)49(43)31-13-15-33-63(55,56)57/h8-11,16-19,22-29H,7,12-15,20-21,30-33H2,1-6H3,(H-,52,55,56,57)/p+1. The van der Waals surface area contributed by atoms with E-state index in [0.717, 1.165) is 70.9 Å². The Morgan fingerprint density at radius 3 is 1.75 bits per heavy atom. The molecule has 3 aromatic rings. The first-order chi connectivity index (χ1) is 29.9. The molecule has 2 heterocycles. The van der Waals surface area contributed by atoms with Gasteiger partial charge in [0.15, 0.2) is 0 Å². The molecule has 16 heteroatoms. The zero-order valence-corrected chi connectivity index (χ0v) is 39.2. The van der Waals surface area contributed by atoms with Crippen molar-refractivity contribution in [1.29, 1.82) is 0 Å². The van der Waals surface area contributed by atoms with Crippen molar-refractivity contribution in [2.75, 3.05) is 47.3 Å². The molecule has 0 amide bonds. The predicted molar refractivity (Wildman–Crippen MR) is 250 cm³/mol. The summed E-state index contributed by atoms with van der Waals surface area (Å²) in [7, 11) is -8.05. The molecule has 338 valence electrons. The Morgan fingerprint density at radius 2 is 1.27 bits per heavy atom. The van der Waals surface area contributed by atoms with Crippen molar-refractivity contribution in [2.45, 2.75) is 84.0 Å². The van der Waals surface area contributed by atoms with Gasteiger partial charge in [0.25, 0.3) is 10.1 Å². The van der Waals surface area contributed by atoms with E-state index in [-0.39, 0.29) is 17.8 Å². The Morgan fingerprint density at radius 1 is 0.762 bits per heavy atom. The number of fused-ring (bicyclic) bond motifs is 2. The van der Waals surface area contributed by atoms with Gasteiger partial charge in [0.2, 0.25) is 11.4 Å². The summed E-state index contributed by atoms with van der Waals surface area (Å²) >= 11 is 1.04. The number of allylic oxidation sites excluding steroid dienone is 8. The highest BCUT2D eigenvalue weighted by Crippen LogP contribution is 2.49. The molecule has 1 saturated carbocycles. The average molecular weight is 921 g/mol. The van der Waals surface area contributed by atoms with Gasteiger partial charge in [-0.05, 0) is 93.0 Å². The fraction of sp³-hybridized carbons (Fsp3) is 0.404. The third-order valence-electron chi connectivity index (χ3n) is 11.9. The molecule has 2 aliphatic heterocycles. The second kappa shape index (κ2) is 20.1. The van der Waals surface area contributed by atoms with Crippen LogP contribution in [0.3, 0.4) is 0 Å². The summed E-state index contributed by atoms with van der Waals surface area (Å²) < 4.78 is 71.8. The molecule has 0 spiro atoms. The molecular weight excluding hydrogens is 863 g/mol. The van der Waals surface area contributed by atoms with E-state index in [9.17, 15) is 26.2 Å².